The quantitative estimate of drug-likeness (QED) is 0.306. The van der Waals surface area contributed by atoms with Gasteiger partial charge in [-0.05, 0) is 45.5 Å². The van der Waals surface area contributed by atoms with Crippen LogP contribution in [0, 0.1) is 0 Å². The molecule has 0 aromatic heterocycles. The van der Waals surface area contributed by atoms with E-state index in [2.05, 4.69) is 115 Å². The molecule has 0 radical (unpaired) electrons. The van der Waals surface area contributed by atoms with Crippen LogP contribution in [0.3, 0.4) is 0 Å². The molecule has 1 heteroatoms. The van der Waals surface area contributed by atoms with Crippen LogP contribution < -0.4 is 5.73 Å². The second-order valence-corrected chi connectivity index (χ2v) is 7.66. The maximum absolute atomic E-state index is 6.72. The highest BCUT2D eigenvalue weighted by Crippen LogP contribution is 2.37. The van der Waals surface area contributed by atoms with Crippen LogP contribution in [0.5, 0.6) is 0 Å². The molecule has 0 spiro atoms. The highest BCUT2D eigenvalue weighted by molar-refractivity contribution is 5.90. The van der Waals surface area contributed by atoms with Gasteiger partial charge >= 0.3 is 0 Å². The molecule has 0 unspecified atom stereocenters. The number of hydrogen-bond donors (Lipinski definition) is 1. The van der Waals surface area contributed by atoms with Crippen molar-refractivity contribution >= 4 is 5.69 Å². The van der Waals surface area contributed by atoms with E-state index in [1.807, 2.05) is 12.1 Å². The van der Waals surface area contributed by atoms with E-state index in [-0.39, 0.29) is 0 Å². The normalized spacial score (nSPS) is 10.7. The standard InChI is InChI=1S/C30H23N/c31-30-28(26-16-7-14-24(20-26)22-10-3-1-4-11-22)18-9-19-29(30)27-17-8-15-25(21-27)23-12-5-2-6-13-23/h1-21H,31H2. The van der Waals surface area contributed by atoms with Crippen molar-refractivity contribution in [3.05, 3.63) is 127 Å². The third-order valence-electron chi connectivity index (χ3n) is 5.67. The predicted molar refractivity (Wildman–Crippen MR) is 133 cm³/mol. The van der Waals surface area contributed by atoms with Crippen molar-refractivity contribution in [1.82, 2.24) is 0 Å². The van der Waals surface area contributed by atoms with Crippen molar-refractivity contribution in [2.75, 3.05) is 5.73 Å². The van der Waals surface area contributed by atoms with Crippen molar-refractivity contribution in [1.29, 1.82) is 0 Å². The number of para-hydroxylation sites is 1. The minimum atomic E-state index is 0.804. The monoisotopic (exact) mass is 397 g/mol. The van der Waals surface area contributed by atoms with Gasteiger partial charge in [0, 0.05) is 16.8 Å². The Bertz CT molecular complexity index is 1220. The van der Waals surface area contributed by atoms with E-state index in [9.17, 15) is 0 Å². The minimum absolute atomic E-state index is 0.804. The number of benzene rings is 5. The minimum Gasteiger partial charge on any atom is -0.398 e. The summed E-state index contributed by atoms with van der Waals surface area (Å²) in [4.78, 5) is 0. The molecule has 0 saturated carbocycles. The Kier molecular flexibility index (Phi) is 5.08. The molecule has 0 aliphatic heterocycles. The summed E-state index contributed by atoms with van der Waals surface area (Å²) in [5.74, 6) is 0. The SMILES string of the molecule is Nc1c(-c2cccc(-c3ccccc3)c2)cccc1-c1cccc(-c2ccccc2)c1. The molecule has 0 aliphatic carbocycles. The third kappa shape index (κ3) is 3.86. The molecule has 1 nitrogen and oxygen atoms in total. The predicted octanol–water partition coefficient (Wildman–Crippen LogP) is 7.94. The topological polar surface area (TPSA) is 26.0 Å². The van der Waals surface area contributed by atoms with E-state index in [0.717, 1.165) is 27.9 Å². The third-order valence-corrected chi connectivity index (χ3v) is 5.67. The molecule has 5 aromatic carbocycles. The molecular formula is C30H23N. The van der Waals surface area contributed by atoms with E-state index in [0.29, 0.717) is 0 Å². The maximum Gasteiger partial charge on any atom is 0.0473 e. The van der Waals surface area contributed by atoms with Crippen LogP contribution in [0.25, 0.3) is 44.5 Å². The Morgan fingerprint density at radius 2 is 0.677 bits per heavy atom. The van der Waals surface area contributed by atoms with E-state index in [4.69, 9.17) is 5.73 Å². The van der Waals surface area contributed by atoms with Gasteiger partial charge in [-0.25, -0.2) is 0 Å². The summed E-state index contributed by atoms with van der Waals surface area (Å²) in [5.41, 5.74) is 16.7. The summed E-state index contributed by atoms with van der Waals surface area (Å²) in [6.45, 7) is 0. The van der Waals surface area contributed by atoms with E-state index >= 15 is 0 Å². The molecule has 148 valence electrons. The summed E-state index contributed by atoms with van der Waals surface area (Å²) in [5, 5.41) is 0. The van der Waals surface area contributed by atoms with Gasteiger partial charge in [-0.15, -0.1) is 0 Å². The summed E-state index contributed by atoms with van der Waals surface area (Å²) < 4.78 is 0. The fraction of sp³-hybridized carbons (Fsp3) is 0. The number of hydrogen-bond acceptors (Lipinski definition) is 1. The number of rotatable bonds is 4. The Labute approximate surface area is 183 Å². The number of nitrogens with two attached hydrogens (primary N) is 1. The van der Waals surface area contributed by atoms with Crippen molar-refractivity contribution in [3.63, 3.8) is 0 Å². The van der Waals surface area contributed by atoms with Gasteiger partial charge in [0.15, 0.2) is 0 Å². The first-order valence-electron chi connectivity index (χ1n) is 10.5. The van der Waals surface area contributed by atoms with Crippen molar-refractivity contribution in [2.24, 2.45) is 0 Å². The second kappa shape index (κ2) is 8.33. The van der Waals surface area contributed by atoms with Crippen molar-refractivity contribution < 1.29 is 0 Å². The van der Waals surface area contributed by atoms with Gasteiger partial charge in [0.1, 0.15) is 0 Å². The van der Waals surface area contributed by atoms with E-state index < -0.39 is 0 Å². The summed E-state index contributed by atoms with van der Waals surface area (Å²) in [6.07, 6.45) is 0. The van der Waals surface area contributed by atoms with Gasteiger partial charge < -0.3 is 5.73 Å². The molecule has 0 fully saturated rings. The summed E-state index contributed by atoms with van der Waals surface area (Å²) in [7, 11) is 0. The average Bonchev–Trinajstić information content (AvgIpc) is 2.85. The molecule has 0 atom stereocenters. The lowest BCUT2D eigenvalue weighted by atomic mass is 9.93. The van der Waals surface area contributed by atoms with E-state index in [1.54, 1.807) is 0 Å². The average molecular weight is 398 g/mol. The van der Waals surface area contributed by atoms with Gasteiger partial charge in [-0.2, -0.15) is 0 Å². The largest absolute Gasteiger partial charge is 0.398 e. The van der Waals surface area contributed by atoms with Crippen LogP contribution in [-0.2, 0) is 0 Å². The van der Waals surface area contributed by atoms with Crippen LogP contribution in [0.4, 0.5) is 5.69 Å². The lowest BCUT2D eigenvalue weighted by molar-refractivity contribution is 1.56. The zero-order valence-electron chi connectivity index (χ0n) is 17.2. The molecule has 5 aromatic rings. The molecule has 0 saturated heterocycles. The highest BCUT2D eigenvalue weighted by atomic mass is 14.6. The van der Waals surface area contributed by atoms with Gasteiger partial charge in [0.05, 0.1) is 0 Å². The summed E-state index contributed by atoms with van der Waals surface area (Å²) >= 11 is 0. The van der Waals surface area contributed by atoms with Crippen molar-refractivity contribution in [2.45, 2.75) is 0 Å². The van der Waals surface area contributed by atoms with Crippen molar-refractivity contribution in [3.8, 4) is 44.5 Å². The molecule has 31 heavy (non-hydrogen) atoms. The molecule has 0 heterocycles. The molecular weight excluding hydrogens is 374 g/mol. The highest BCUT2D eigenvalue weighted by Gasteiger charge is 2.11. The molecule has 0 amide bonds. The van der Waals surface area contributed by atoms with E-state index in [1.165, 1.54) is 22.3 Å². The molecule has 0 bridgehead atoms. The van der Waals surface area contributed by atoms with Crippen LogP contribution in [0.2, 0.25) is 0 Å². The smallest absolute Gasteiger partial charge is 0.0473 e. The Morgan fingerprint density at radius 1 is 0.323 bits per heavy atom. The zero-order valence-corrected chi connectivity index (χ0v) is 17.2. The maximum atomic E-state index is 6.72. The van der Waals surface area contributed by atoms with Gasteiger partial charge in [0.2, 0.25) is 0 Å². The first kappa shape index (κ1) is 18.9. The lowest BCUT2D eigenvalue weighted by Crippen LogP contribution is -1.94. The zero-order chi connectivity index (χ0) is 21.0. The van der Waals surface area contributed by atoms with Gasteiger partial charge in [0.25, 0.3) is 0 Å². The summed E-state index contributed by atoms with van der Waals surface area (Å²) in [6, 6.07) is 44.3. The first-order chi connectivity index (χ1) is 15.3. The number of nitrogen functional groups attached to an aromatic ring is 1. The molecule has 0 aliphatic rings. The van der Waals surface area contributed by atoms with Crippen LogP contribution >= 0.6 is 0 Å². The molecule has 2 N–H and O–H groups in total. The molecule has 5 rings (SSSR count). The van der Waals surface area contributed by atoms with Gasteiger partial charge in [-0.3, -0.25) is 0 Å². The second-order valence-electron chi connectivity index (χ2n) is 7.66. The Morgan fingerprint density at radius 3 is 1.13 bits per heavy atom. The Hall–Kier alpha value is -4.10. The lowest BCUT2D eigenvalue weighted by Gasteiger charge is -2.14. The number of anilines is 1. The fourth-order valence-corrected chi connectivity index (χ4v) is 4.06. The van der Waals surface area contributed by atoms with Crippen LogP contribution in [0.15, 0.2) is 127 Å². The van der Waals surface area contributed by atoms with Crippen LogP contribution in [0.1, 0.15) is 0 Å². The van der Waals surface area contributed by atoms with Crippen LogP contribution in [-0.4, -0.2) is 0 Å². The Balaban J connectivity index is 1.57. The van der Waals surface area contributed by atoms with Gasteiger partial charge in [-0.1, -0.05) is 115 Å². The first-order valence-corrected chi connectivity index (χ1v) is 10.5. The fourth-order valence-electron chi connectivity index (χ4n) is 4.06.